The first-order valence-corrected chi connectivity index (χ1v) is 6.17. The van der Waals surface area contributed by atoms with Gasteiger partial charge >= 0.3 is 0 Å². The van der Waals surface area contributed by atoms with Gasteiger partial charge in [-0.25, -0.2) is 0 Å². The summed E-state index contributed by atoms with van der Waals surface area (Å²) >= 11 is 0. The number of nitrogens with zero attached hydrogens (tertiary/aromatic N) is 1. The Morgan fingerprint density at radius 2 is 1.88 bits per heavy atom. The van der Waals surface area contributed by atoms with Crippen LogP contribution in [0, 0.1) is 0 Å². The van der Waals surface area contributed by atoms with Gasteiger partial charge in [-0.05, 0) is 33.4 Å². The molecule has 0 unspecified atom stereocenters. The van der Waals surface area contributed by atoms with Gasteiger partial charge in [0.1, 0.15) is 0 Å². The molecule has 0 aliphatic carbocycles. The van der Waals surface area contributed by atoms with Crippen molar-refractivity contribution in [1.29, 1.82) is 0 Å². The van der Waals surface area contributed by atoms with Crippen LogP contribution in [0.5, 0.6) is 0 Å². The molecule has 96 valence electrons. The van der Waals surface area contributed by atoms with E-state index in [4.69, 9.17) is 5.73 Å². The van der Waals surface area contributed by atoms with Crippen LogP contribution < -0.4 is 11.1 Å². The number of carbonyl (C=O) groups excluding carboxylic acids is 1. The van der Waals surface area contributed by atoms with Crippen LogP contribution in [0.2, 0.25) is 0 Å². The lowest BCUT2D eigenvalue weighted by atomic mass is 10.00. The van der Waals surface area contributed by atoms with Gasteiger partial charge in [-0.2, -0.15) is 0 Å². The molecule has 0 fully saturated rings. The molecule has 4 nitrogen and oxygen atoms in total. The average Bonchev–Trinajstić information content (AvgIpc) is 2.20. The molecule has 0 atom stereocenters. The Kier molecular flexibility index (Phi) is 7.34. The summed E-state index contributed by atoms with van der Waals surface area (Å²) in [6.45, 7) is 11.8. The SMILES string of the molecule is CCN(CC)CCNC(=O)CCC(C)(C)N. The van der Waals surface area contributed by atoms with Crippen molar-refractivity contribution in [2.24, 2.45) is 5.73 Å². The molecule has 3 N–H and O–H groups in total. The molecular weight excluding hydrogens is 202 g/mol. The summed E-state index contributed by atoms with van der Waals surface area (Å²) < 4.78 is 0. The zero-order valence-corrected chi connectivity index (χ0v) is 11.2. The summed E-state index contributed by atoms with van der Waals surface area (Å²) in [4.78, 5) is 13.7. The number of hydrogen-bond donors (Lipinski definition) is 2. The van der Waals surface area contributed by atoms with E-state index in [1.165, 1.54) is 0 Å². The van der Waals surface area contributed by atoms with E-state index in [-0.39, 0.29) is 11.4 Å². The van der Waals surface area contributed by atoms with Crippen molar-refractivity contribution >= 4 is 5.91 Å². The van der Waals surface area contributed by atoms with Gasteiger partial charge < -0.3 is 16.0 Å². The molecule has 0 radical (unpaired) electrons. The minimum atomic E-state index is -0.254. The number of carbonyl (C=O) groups is 1. The fourth-order valence-electron chi connectivity index (χ4n) is 1.42. The largest absolute Gasteiger partial charge is 0.355 e. The smallest absolute Gasteiger partial charge is 0.220 e. The quantitative estimate of drug-likeness (QED) is 0.652. The van der Waals surface area contributed by atoms with Gasteiger partial charge in [-0.3, -0.25) is 4.79 Å². The highest BCUT2D eigenvalue weighted by Crippen LogP contribution is 2.06. The molecule has 0 saturated heterocycles. The second kappa shape index (κ2) is 7.63. The summed E-state index contributed by atoms with van der Waals surface area (Å²) in [5.41, 5.74) is 5.56. The topological polar surface area (TPSA) is 58.4 Å². The fraction of sp³-hybridized carbons (Fsp3) is 0.917. The summed E-state index contributed by atoms with van der Waals surface area (Å²) in [6, 6.07) is 0. The number of hydrogen-bond acceptors (Lipinski definition) is 3. The molecular formula is C12H27N3O. The minimum absolute atomic E-state index is 0.102. The second-order valence-corrected chi connectivity index (χ2v) is 4.87. The van der Waals surface area contributed by atoms with Crippen LogP contribution >= 0.6 is 0 Å². The zero-order valence-electron chi connectivity index (χ0n) is 11.2. The van der Waals surface area contributed by atoms with E-state index >= 15 is 0 Å². The van der Waals surface area contributed by atoms with Crippen LogP contribution in [-0.2, 0) is 4.79 Å². The Hall–Kier alpha value is -0.610. The molecule has 0 bridgehead atoms. The lowest BCUT2D eigenvalue weighted by molar-refractivity contribution is -0.121. The summed E-state index contributed by atoms with van der Waals surface area (Å²) in [7, 11) is 0. The third kappa shape index (κ3) is 8.68. The van der Waals surface area contributed by atoms with Gasteiger partial charge in [0.2, 0.25) is 5.91 Å². The van der Waals surface area contributed by atoms with Crippen molar-refractivity contribution in [3.05, 3.63) is 0 Å². The Labute approximate surface area is 99.6 Å². The third-order valence-electron chi connectivity index (χ3n) is 2.64. The van der Waals surface area contributed by atoms with Gasteiger partial charge in [0.25, 0.3) is 0 Å². The van der Waals surface area contributed by atoms with Gasteiger partial charge in [-0.15, -0.1) is 0 Å². The highest BCUT2D eigenvalue weighted by molar-refractivity contribution is 5.75. The van der Waals surface area contributed by atoms with Crippen molar-refractivity contribution in [3.63, 3.8) is 0 Å². The molecule has 0 aliphatic heterocycles. The summed E-state index contributed by atoms with van der Waals surface area (Å²) in [6.07, 6.45) is 1.24. The van der Waals surface area contributed by atoms with Crippen LogP contribution in [0.15, 0.2) is 0 Å². The van der Waals surface area contributed by atoms with E-state index in [1.54, 1.807) is 0 Å². The van der Waals surface area contributed by atoms with Gasteiger partial charge in [0.05, 0.1) is 0 Å². The maximum Gasteiger partial charge on any atom is 0.220 e. The number of likely N-dealkylation sites (N-methyl/N-ethyl adjacent to an activating group) is 1. The molecule has 0 spiro atoms. The Bertz CT molecular complexity index is 195. The van der Waals surface area contributed by atoms with E-state index in [0.717, 1.165) is 32.6 Å². The Morgan fingerprint density at radius 3 is 2.31 bits per heavy atom. The van der Waals surface area contributed by atoms with Gasteiger partial charge in [0, 0.05) is 25.0 Å². The molecule has 0 saturated carbocycles. The average molecular weight is 229 g/mol. The number of nitrogens with one attached hydrogen (secondary N) is 1. The fourth-order valence-corrected chi connectivity index (χ4v) is 1.42. The Balaban J connectivity index is 3.58. The van der Waals surface area contributed by atoms with Crippen LogP contribution in [0.3, 0.4) is 0 Å². The van der Waals surface area contributed by atoms with Crippen molar-refractivity contribution in [2.75, 3.05) is 26.2 Å². The van der Waals surface area contributed by atoms with Gasteiger partial charge in [-0.1, -0.05) is 13.8 Å². The zero-order chi connectivity index (χ0) is 12.6. The second-order valence-electron chi connectivity index (χ2n) is 4.87. The van der Waals surface area contributed by atoms with Gasteiger partial charge in [0.15, 0.2) is 0 Å². The van der Waals surface area contributed by atoms with Crippen molar-refractivity contribution in [2.45, 2.75) is 46.1 Å². The predicted octanol–water partition coefficient (Wildman–Crippen LogP) is 0.962. The maximum absolute atomic E-state index is 11.5. The first-order valence-electron chi connectivity index (χ1n) is 6.17. The first-order chi connectivity index (χ1) is 7.39. The monoisotopic (exact) mass is 229 g/mol. The summed E-state index contributed by atoms with van der Waals surface area (Å²) in [5, 5.41) is 2.92. The van der Waals surface area contributed by atoms with Crippen molar-refractivity contribution < 1.29 is 4.79 Å². The molecule has 4 heteroatoms. The number of amides is 1. The lowest BCUT2D eigenvalue weighted by Gasteiger charge is -2.19. The van der Waals surface area contributed by atoms with E-state index < -0.39 is 0 Å². The number of nitrogens with two attached hydrogens (primary N) is 1. The normalized spacial score (nSPS) is 11.9. The Morgan fingerprint density at radius 1 is 1.31 bits per heavy atom. The third-order valence-corrected chi connectivity index (χ3v) is 2.64. The predicted molar refractivity (Wildman–Crippen MR) is 68.3 cm³/mol. The number of rotatable bonds is 8. The van der Waals surface area contributed by atoms with Crippen LogP contribution in [0.4, 0.5) is 0 Å². The molecule has 0 aromatic carbocycles. The van der Waals surface area contributed by atoms with Crippen LogP contribution in [-0.4, -0.2) is 42.5 Å². The van der Waals surface area contributed by atoms with E-state index in [0.29, 0.717) is 6.42 Å². The molecule has 0 aromatic heterocycles. The van der Waals surface area contributed by atoms with Crippen molar-refractivity contribution in [1.82, 2.24) is 10.2 Å². The highest BCUT2D eigenvalue weighted by Gasteiger charge is 2.12. The van der Waals surface area contributed by atoms with E-state index in [9.17, 15) is 4.79 Å². The molecule has 0 rings (SSSR count). The van der Waals surface area contributed by atoms with Crippen molar-refractivity contribution in [3.8, 4) is 0 Å². The lowest BCUT2D eigenvalue weighted by Crippen LogP contribution is -2.37. The molecule has 0 heterocycles. The summed E-state index contributed by atoms with van der Waals surface area (Å²) in [5.74, 6) is 0.102. The standard InChI is InChI=1S/C12H27N3O/c1-5-15(6-2)10-9-14-11(16)7-8-12(3,4)13/h5-10,13H2,1-4H3,(H,14,16). The molecule has 0 aromatic rings. The minimum Gasteiger partial charge on any atom is -0.355 e. The first kappa shape index (κ1) is 15.4. The molecule has 1 amide bonds. The van der Waals surface area contributed by atoms with Crippen LogP contribution in [0.1, 0.15) is 40.5 Å². The van der Waals surface area contributed by atoms with Crippen LogP contribution in [0.25, 0.3) is 0 Å². The molecule has 0 aliphatic rings. The highest BCUT2D eigenvalue weighted by atomic mass is 16.1. The van der Waals surface area contributed by atoms with E-state index in [2.05, 4.69) is 24.1 Å². The maximum atomic E-state index is 11.5. The van der Waals surface area contributed by atoms with E-state index in [1.807, 2.05) is 13.8 Å². The molecule has 16 heavy (non-hydrogen) atoms.